The van der Waals surface area contributed by atoms with E-state index in [0.717, 1.165) is 17.9 Å². The van der Waals surface area contributed by atoms with E-state index in [1.807, 2.05) is 16.7 Å². The average molecular weight is 296 g/mol. The molecule has 0 atom stereocenters. The summed E-state index contributed by atoms with van der Waals surface area (Å²) in [5.41, 5.74) is 3.39. The van der Waals surface area contributed by atoms with E-state index in [4.69, 9.17) is 0 Å². The molecule has 5 heteroatoms. The Morgan fingerprint density at radius 3 is 2.52 bits per heavy atom. The quantitative estimate of drug-likeness (QED) is 0.731. The smallest absolute Gasteiger partial charge is 0.123 e. The van der Waals surface area contributed by atoms with Gasteiger partial charge in [-0.05, 0) is 42.2 Å². The topological polar surface area (TPSA) is 42.7 Å². The highest BCUT2D eigenvalue weighted by atomic mass is 32.2. The van der Waals surface area contributed by atoms with Crippen LogP contribution in [0.4, 0.5) is 5.69 Å². The summed E-state index contributed by atoms with van der Waals surface area (Å²) >= 11 is 1.76. The largest absolute Gasteiger partial charge is 0.381 e. The molecular formula is C16H16N4S. The zero-order valence-corrected chi connectivity index (χ0v) is 12.5. The molecule has 1 heterocycles. The molecule has 0 amide bonds. The van der Waals surface area contributed by atoms with Gasteiger partial charge >= 0.3 is 0 Å². The van der Waals surface area contributed by atoms with Crippen molar-refractivity contribution in [3.8, 4) is 5.69 Å². The van der Waals surface area contributed by atoms with Crippen molar-refractivity contribution in [1.29, 1.82) is 0 Å². The molecular weight excluding hydrogens is 280 g/mol. The monoisotopic (exact) mass is 296 g/mol. The Balaban J connectivity index is 1.68. The first-order valence-corrected chi connectivity index (χ1v) is 7.89. The lowest BCUT2D eigenvalue weighted by Crippen LogP contribution is -2.00. The molecule has 0 aliphatic rings. The fourth-order valence-electron chi connectivity index (χ4n) is 2.06. The highest BCUT2D eigenvalue weighted by Crippen LogP contribution is 2.17. The van der Waals surface area contributed by atoms with Gasteiger partial charge in [-0.25, -0.2) is 0 Å². The molecule has 0 radical (unpaired) electrons. The Labute approximate surface area is 128 Å². The van der Waals surface area contributed by atoms with Gasteiger partial charge in [-0.1, -0.05) is 18.2 Å². The van der Waals surface area contributed by atoms with Gasteiger partial charge < -0.3 is 5.32 Å². The molecule has 0 bridgehead atoms. The van der Waals surface area contributed by atoms with Crippen molar-refractivity contribution in [1.82, 2.24) is 14.8 Å². The van der Waals surface area contributed by atoms with Gasteiger partial charge in [0.2, 0.25) is 0 Å². The number of nitrogens with one attached hydrogen (secondary N) is 1. The Kier molecular flexibility index (Phi) is 4.21. The van der Waals surface area contributed by atoms with Gasteiger partial charge in [0.1, 0.15) is 12.7 Å². The summed E-state index contributed by atoms with van der Waals surface area (Å²) in [6.45, 7) is 0.806. The molecule has 0 saturated carbocycles. The van der Waals surface area contributed by atoms with E-state index in [0.29, 0.717) is 0 Å². The maximum absolute atomic E-state index is 3.83. The molecule has 0 saturated heterocycles. The third-order valence-electron chi connectivity index (χ3n) is 3.22. The predicted octanol–water partition coefficient (Wildman–Crippen LogP) is 3.60. The lowest BCUT2D eigenvalue weighted by molar-refractivity contribution is 1.05. The van der Waals surface area contributed by atoms with Crippen LogP contribution < -0.4 is 5.32 Å². The van der Waals surface area contributed by atoms with Crippen molar-refractivity contribution in [2.24, 2.45) is 0 Å². The number of anilines is 1. The highest BCUT2D eigenvalue weighted by Gasteiger charge is 1.99. The molecule has 3 rings (SSSR count). The predicted molar refractivity (Wildman–Crippen MR) is 86.9 cm³/mol. The maximum atomic E-state index is 3.83. The van der Waals surface area contributed by atoms with E-state index >= 15 is 0 Å². The number of aromatic nitrogens is 3. The van der Waals surface area contributed by atoms with Crippen molar-refractivity contribution in [3.05, 3.63) is 66.7 Å². The van der Waals surface area contributed by atoms with Gasteiger partial charge in [-0.3, -0.25) is 4.57 Å². The van der Waals surface area contributed by atoms with Gasteiger partial charge in [-0.15, -0.1) is 22.0 Å². The molecule has 4 nitrogen and oxygen atoms in total. The van der Waals surface area contributed by atoms with Crippen LogP contribution in [0.15, 0.2) is 66.1 Å². The van der Waals surface area contributed by atoms with Crippen molar-refractivity contribution < 1.29 is 0 Å². The van der Waals surface area contributed by atoms with E-state index in [9.17, 15) is 0 Å². The first-order chi connectivity index (χ1) is 10.3. The van der Waals surface area contributed by atoms with Crippen molar-refractivity contribution in [2.45, 2.75) is 11.4 Å². The van der Waals surface area contributed by atoms with Crippen molar-refractivity contribution in [2.75, 3.05) is 11.6 Å². The first kappa shape index (κ1) is 13.7. The minimum absolute atomic E-state index is 0.806. The molecule has 3 aromatic rings. The number of benzene rings is 2. The molecule has 0 fully saturated rings. The fraction of sp³-hybridized carbons (Fsp3) is 0.125. The first-order valence-electron chi connectivity index (χ1n) is 6.67. The molecule has 21 heavy (non-hydrogen) atoms. The fourth-order valence-corrected chi connectivity index (χ4v) is 2.47. The van der Waals surface area contributed by atoms with Crippen LogP contribution in [-0.4, -0.2) is 21.0 Å². The summed E-state index contributed by atoms with van der Waals surface area (Å²) in [4.78, 5) is 1.29. The minimum atomic E-state index is 0.806. The van der Waals surface area contributed by atoms with E-state index < -0.39 is 0 Å². The van der Waals surface area contributed by atoms with E-state index in [2.05, 4.69) is 58.2 Å². The summed E-state index contributed by atoms with van der Waals surface area (Å²) < 4.78 is 1.89. The zero-order chi connectivity index (χ0) is 14.5. The lowest BCUT2D eigenvalue weighted by Gasteiger charge is -2.09. The lowest BCUT2D eigenvalue weighted by atomic mass is 10.2. The van der Waals surface area contributed by atoms with Gasteiger partial charge in [-0.2, -0.15) is 0 Å². The molecule has 2 aromatic carbocycles. The Morgan fingerprint density at radius 1 is 1.05 bits per heavy atom. The van der Waals surface area contributed by atoms with Crippen LogP contribution >= 0.6 is 11.8 Å². The average Bonchev–Trinajstić information content (AvgIpc) is 3.08. The van der Waals surface area contributed by atoms with Gasteiger partial charge in [0.15, 0.2) is 0 Å². The number of hydrogen-bond donors (Lipinski definition) is 1. The number of thioether (sulfide) groups is 1. The third-order valence-corrected chi connectivity index (χ3v) is 3.96. The van der Waals surface area contributed by atoms with Gasteiger partial charge in [0.25, 0.3) is 0 Å². The second-order valence-corrected chi connectivity index (χ2v) is 5.50. The maximum Gasteiger partial charge on any atom is 0.123 e. The van der Waals surface area contributed by atoms with Gasteiger partial charge in [0.05, 0.1) is 5.69 Å². The Morgan fingerprint density at radius 2 is 1.81 bits per heavy atom. The van der Waals surface area contributed by atoms with Crippen LogP contribution in [-0.2, 0) is 6.54 Å². The number of nitrogens with zero attached hydrogens (tertiary/aromatic N) is 3. The highest BCUT2D eigenvalue weighted by molar-refractivity contribution is 7.98. The molecule has 106 valence electrons. The Bertz CT molecular complexity index is 693. The van der Waals surface area contributed by atoms with Crippen molar-refractivity contribution in [3.63, 3.8) is 0 Å². The van der Waals surface area contributed by atoms with Crippen LogP contribution in [0.2, 0.25) is 0 Å². The normalized spacial score (nSPS) is 10.5. The molecule has 1 aromatic heterocycles. The summed E-state index contributed by atoms with van der Waals surface area (Å²) in [6.07, 6.45) is 5.48. The van der Waals surface area contributed by atoms with Crippen molar-refractivity contribution >= 4 is 17.4 Å². The minimum Gasteiger partial charge on any atom is -0.381 e. The van der Waals surface area contributed by atoms with Crippen LogP contribution in [0.5, 0.6) is 0 Å². The standard InChI is InChI=1S/C16H16N4S/c1-21-16-7-5-13(6-8-16)10-17-14-3-2-4-15(9-14)20-11-18-19-12-20/h2-9,11-12,17H,10H2,1H3. The molecule has 0 spiro atoms. The van der Waals surface area contributed by atoms with Crippen LogP contribution in [0.3, 0.4) is 0 Å². The summed E-state index contributed by atoms with van der Waals surface area (Å²) in [5.74, 6) is 0. The molecule has 0 unspecified atom stereocenters. The molecule has 0 aliphatic carbocycles. The van der Waals surface area contributed by atoms with Gasteiger partial charge in [0, 0.05) is 17.1 Å². The summed E-state index contributed by atoms with van der Waals surface area (Å²) in [7, 11) is 0. The second kappa shape index (κ2) is 6.45. The number of hydrogen-bond acceptors (Lipinski definition) is 4. The van der Waals surface area contributed by atoms with Crippen LogP contribution in [0.25, 0.3) is 5.69 Å². The number of rotatable bonds is 5. The van der Waals surface area contributed by atoms with Crippen LogP contribution in [0.1, 0.15) is 5.56 Å². The van der Waals surface area contributed by atoms with E-state index in [1.54, 1.807) is 24.4 Å². The zero-order valence-electron chi connectivity index (χ0n) is 11.7. The van der Waals surface area contributed by atoms with Crippen LogP contribution in [0, 0.1) is 0 Å². The Hall–Kier alpha value is -2.27. The second-order valence-electron chi connectivity index (χ2n) is 4.62. The SMILES string of the molecule is CSc1ccc(CNc2cccc(-n3cnnc3)c2)cc1. The third kappa shape index (κ3) is 3.44. The molecule has 0 aliphatic heterocycles. The van der Waals surface area contributed by atoms with E-state index in [-0.39, 0.29) is 0 Å². The summed E-state index contributed by atoms with van der Waals surface area (Å²) in [6, 6.07) is 16.8. The summed E-state index contributed by atoms with van der Waals surface area (Å²) in [5, 5.41) is 11.1. The molecule has 1 N–H and O–H groups in total. The van der Waals surface area contributed by atoms with E-state index in [1.165, 1.54) is 10.5 Å².